The number of hydrogen-bond donors (Lipinski definition) is 3. The molecule has 5 nitrogen and oxygen atoms in total. The highest BCUT2D eigenvalue weighted by Crippen LogP contribution is 2.35. The average molecular weight is 333 g/mol. The number of anilines is 2. The molecule has 0 aliphatic carbocycles. The van der Waals surface area contributed by atoms with Gasteiger partial charge in [-0.1, -0.05) is 37.4 Å². The molecule has 0 aromatic heterocycles. The minimum atomic E-state index is -0.202. The maximum absolute atomic E-state index is 9.13. The third-order valence-corrected chi connectivity index (χ3v) is 4.71. The van der Waals surface area contributed by atoms with E-state index in [1.807, 2.05) is 18.2 Å². The lowest BCUT2D eigenvalue weighted by atomic mass is 9.84. The van der Waals surface area contributed by atoms with E-state index < -0.39 is 0 Å². The third-order valence-electron chi connectivity index (χ3n) is 4.71. The molecule has 0 saturated carbocycles. The van der Waals surface area contributed by atoms with Gasteiger partial charge >= 0.3 is 0 Å². The number of nitrogens with one attached hydrogen (secondary N) is 3. The van der Waals surface area contributed by atoms with Crippen LogP contribution in [-0.2, 0) is 0 Å². The van der Waals surface area contributed by atoms with E-state index in [-0.39, 0.29) is 5.54 Å². The average Bonchev–Trinajstić information content (AvgIpc) is 2.65. The van der Waals surface area contributed by atoms with Gasteiger partial charge in [0.05, 0.1) is 29.5 Å². The molecule has 0 amide bonds. The van der Waals surface area contributed by atoms with Crippen LogP contribution in [0.1, 0.15) is 12.8 Å². The summed E-state index contributed by atoms with van der Waals surface area (Å²) >= 11 is 0. The first-order chi connectivity index (χ1) is 12.2. The number of fused-ring (bicyclic) bond motifs is 1. The molecule has 1 aromatic rings. The summed E-state index contributed by atoms with van der Waals surface area (Å²) in [6.07, 6.45) is 5.37. The molecule has 2 aliphatic rings. The van der Waals surface area contributed by atoms with Crippen molar-refractivity contribution in [2.75, 3.05) is 30.3 Å². The van der Waals surface area contributed by atoms with Crippen molar-refractivity contribution in [1.82, 2.24) is 5.32 Å². The molecular weight excluding hydrogens is 310 g/mol. The van der Waals surface area contributed by atoms with Gasteiger partial charge in [-0.2, -0.15) is 5.26 Å². The van der Waals surface area contributed by atoms with Gasteiger partial charge < -0.3 is 16.0 Å². The lowest BCUT2D eigenvalue weighted by molar-refractivity contribution is 0.419. The van der Waals surface area contributed by atoms with Crippen LogP contribution >= 0.6 is 0 Å². The Morgan fingerprint density at radius 1 is 1.28 bits per heavy atom. The lowest BCUT2D eigenvalue weighted by Crippen LogP contribution is -2.57. The Hall–Kier alpha value is -2.84. The molecule has 2 heterocycles. The normalized spacial score (nSPS) is 20.1. The van der Waals surface area contributed by atoms with Crippen LogP contribution in [0.25, 0.3) is 0 Å². The number of benzene rings is 1. The predicted molar refractivity (Wildman–Crippen MR) is 104 cm³/mol. The fraction of sp³-hybridized carbons (Fsp3) is 0.300. The zero-order chi connectivity index (χ0) is 17.7. The molecule has 0 unspecified atom stereocenters. The van der Waals surface area contributed by atoms with Gasteiger partial charge in [0.25, 0.3) is 0 Å². The zero-order valence-electron chi connectivity index (χ0n) is 14.3. The quantitative estimate of drug-likeness (QED) is 0.584. The smallest absolute Gasteiger partial charge is 0.127 e. The monoisotopic (exact) mass is 333 g/mol. The van der Waals surface area contributed by atoms with E-state index in [2.05, 4.69) is 41.2 Å². The molecule has 1 fully saturated rings. The molecule has 1 aromatic carbocycles. The number of para-hydroxylation sites is 2. The molecule has 3 rings (SSSR count). The van der Waals surface area contributed by atoms with Gasteiger partial charge in [0.2, 0.25) is 0 Å². The topological polar surface area (TPSA) is 72.2 Å². The molecule has 0 bridgehead atoms. The van der Waals surface area contributed by atoms with Crippen LogP contribution in [0.5, 0.6) is 0 Å². The summed E-state index contributed by atoms with van der Waals surface area (Å²) in [6.45, 7) is 9.80. The van der Waals surface area contributed by atoms with Crippen LogP contribution in [0.3, 0.4) is 0 Å². The highest BCUT2D eigenvalue weighted by atomic mass is 15.2. The van der Waals surface area contributed by atoms with E-state index in [4.69, 9.17) is 10.3 Å². The Kier molecular flexibility index (Phi) is 5.01. The molecule has 3 N–H and O–H groups in total. The zero-order valence-corrected chi connectivity index (χ0v) is 14.3. The summed E-state index contributed by atoms with van der Waals surface area (Å²) in [6, 6.07) is 10.3. The minimum absolute atomic E-state index is 0.202. The maximum atomic E-state index is 9.13. The van der Waals surface area contributed by atoms with Crippen molar-refractivity contribution >= 4 is 17.2 Å². The predicted octanol–water partition coefficient (Wildman–Crippen LogP) is 3.24. The molecular formula is C20H23N5. The highest BCUT2D eigenvalue weighted by Gasteiger charge is 2.40. The van der Waals surface area contributed by atoms with E-state index in [0.29, 0.717) is 12.1 Å². The summed E-state index contributed by atoms with van der Waals surface area (Å²) in [7, 11) is 0. The fourth-order valence-electron chi connectivity index (χ4n) is 3.30. The lowest BCUT2D eigenvalue weighted by Gasteiger charge is -2.44. The number of nitrogens with zero attached hydrogens (tertiary/aromatic N) is 2. The summed E-state index contributed by atoms with van der Waals surface area (Å²) in [5.41, 5.74) is 3.14. The van der Waals surface area contributed by atoms with Gasteiger partial charge in [0.15, 0.2) is 0 Å². The second kappa shape index (κ2) is 7.37. The van der Waals surface area contributed by atoms with Gasteiger partial charge in [-0.25, -0.2) is 0 Å². The molecule has 1 spiro atoms. The van der Waals surface area contributed by atoms with Gasteiger partial charge in [-0.15, -0.1) is 0 Å². The van der Waals surface area contributed by atoms with Crippen LogP contribution < -0.4 is 16.0 Å². The number of aliphatic imine (C=N–C) groups is 1. The van der Waals surface area contributed by atoms with Crippen molar-refractivity contribution in [1.29, 1.82) is 5.26 Å². The van der Waals surface area contributed by atoms with Crippen molar-refractivity contribution in [2.24, 2.45) is 4.99 Å². The van der Waals surface area contributed by atoms with E-state index in [1.165, 1.54) is 0 Å². The number of hydrogen-bond acceptors (Lipinski definition) is 4. The van der Waals surface area contributed by atoms with Crippen LogP contribution in [0.2, 0.25) is 0 Å². The van der Waals surface area contributed by atoms with E-state index >= 15 is 0 Å². The van der Waals surface area contributed by atoms with Gasteiger partial charge in [-0.3, -0.25) is 4.99 Å². The Balaban J connectivity index is 1.94. The van der Waals surface area contributed by atoms with Crippen molar-refractivity contribution < 1.29 is 0 Å². The second-order valence-corrected chi connectivity index (χ2v) is 6.31. The Morgan fingerprint density at radius 2 is 2.00 bits per heavy atom. The summed E-state index contributed by atoms with van der Waals surface area (Å²) < 4.78 is 0. The largest absolute Gasteiger partial charge is 0.371 e. The van der Waals surface area contributed by atoms with Gasteiger partial charge in [0.1, 0.15) is 5.84 Å². The Bertz CT molecular complexity index is 776. The Morgan fingerprint density at radius 3 is 2.68 bits per heavy atom. The first kappa shape index (κ1) is 17.0. The SMILES string of the molecule is C=C/C=C(/CN=C1Nc2ccccc2NC12CCNCC2)C(=C)C#N. The standard InChI is InChI=1S/C20H23N5/c1-3-6-16(15(2)13-21)14-23-19-20(9-11-22-12-10-20)25-18-8-5-4-7-17(18)24-19/h3-8,22,25H,1-2,9-12,14H2,(H,23,24)/b16-6-. The van der Waals surface area contributed by atoms with Crippen LogP contribution in [0.15, 0.2) is 65.7 Å². The number of rotatable bonds is 4. The van der Waals surface area contributed by atoms with Crippen molar-refractivity contribution in [3.05, 3.63) is 60.7 Å². The number of piperidine rings is 1. The van der Waals surface area contributed by atoms with Crippen LogP contribution in [-0.4, -0.2) is 31.0 Å². The first-order valence-electron chi connectivity index (χ1n) is 8.49. The van der Waals surface area contributed by atoms with Gasteiger partial charge in [0, 0.05) is 5.57 Å². The number of amidine groups is 1. The second-order valence-electron chi connectivity index (χ2n) is 6.31. The molecule has 0 atom stereocenters. The summed E-state index contributed by atoms with van der Waals surface area (Å²) in [5, 5.41) is 19.7. The number of allylic oxidation sites excluding steroid dienone is 2. The van der Waals surface area contributed by atoms with E-state index in [0.717, 1.165) is 48.7 Å². The molecule has 1 saturated heterocycles. The molecule has 25 heavy (non-hydrogen) atoms. The number of nitriles is 1. The van der Waals surface area contributed by atoms with Crippen molar-refractivity contribution in [3.8, 4) is 6.07 Å². The molecule has 5 heteroatoms. The van der Waals surface area contributed by atoms with Crippen LogP contribution in [0.4, 0.5) is 11.4 Å². The first-order valence-corrected chi connectivity index (χ1v) is 8.49. The van der Waals surface area contributed by atoms with E-state index in [1.54, 1.807) is 12.2 Å². The Labute approximate surface area is 148 Å². The van der Waals surface area contributed by atoms with Crippen LogP contribution in [0, 0.1) is 11.3 Å². The van der Waals surface area contributed by atoms with Crippen molar-refractivity contribution in [2.45, 2.75) is 18.4 Å². The summed E-state index contributed by atoms with van der Waals surface area (Å²) in [4.78, 5) is 4.83. The summed E-state index contributed by atoms with van der Waals surface area (Å²) in [5.74, 6) is 0.924. The van der Waals surface area contributed by atoms with Crippen molar-refractivity contribution in [3.63, 3.8) is 0 Å². The maximum Gasteiger partial charge on any atom is 0.127 e. The molecule has 0 radical (unpaired) electrons. The third kappa shape index (κ3) is 3.49. The van der Waals surface area contributed by atoms with E-state index in [9.17, 15) is 0 Å². The molecule has 2 aliphatic heterocycles. The minimum Gasteiger partial charge on any atom is -0.371 e. The van der Waals surface area contributed by atoms with Gasteiger partial charge in [-0.05, 0) is 43.6 Å². The fourth-order valence-corrected chi connectivity index (χ4v) is 3.30. The highest BCUT2D eigenvalue weighted by molar-refractivity contribution is 6.09. The molecule has 128 valence electrons.